The van der Waals surface area contributed by atoms with Crippen LogP contribution >= 0.6 is 12.4 Å². The normalized spacial score (nSPS) is 12.7. The third kappa shape index (κ3) is 4.31. The van der Waals surface area contributed by atoms with E-state index in [1.54, 1.807) is 6.08 Å². The SMILES string of the molecule is C=CCC[C@H](N)c1ccc(F)cc1C(F)(F)F.Cl. The van der Waals surface area contributed by atoms with Gasteiger partial charge in [0.05, 0.1) is 5.56 Å². The van der Waals surface area contributed by atoms with Crippen LogP contribution in [0.25, 0.3) is 0 Å². The molecular weight excluding hydrogens is 270 g/mol. The molecule has 18 heavy (non-hydrogen) atoms. The monoisotopic (exact) mass is 283 g/mol. The number of halogens is 5. The molecule has 0 heterocycles. The summed E-state index contributed by atoms with van der Waals surface area (Å²) in [5.74, 6) is -0.919. The summed E-state index contributed by atoms with van der Waals surface area (Å²) in [6, 6.07) is 1.78. The molecule has 1 rings (SSSR count). The summed E-state index contributed by atoms with van der Waals surface area (Å²) in [5, 5.41) is 0. The van der Waals surface area contributed by atoms with Crippen LogP contribution in [-0.2, 0) is 6.18 Å². The van der Waals surface area contributed by atoms with Crippen LogP contribution in [0.3, 0.4) is 0 Å². The van der Waals surface area contributed by atoms with Crippen LogP contribution in [0.2, 0.25) is 0 Å². The highest BCUT2D eigenvalue weighted by molar-refractivity contribution is 5.85. The fourth-order valence-electron chi connectivity index (χ4n) is 1.55. The van der Waals surface area contributed by atoms with Crippen molar-refractivity contribution >= 4 is 12.4 Å². The molecule has 0 aromatic heterocycles. The zero-order chi connectivity index (χ0) is 13.1. The Morgan fingerprint density at radius 2 is 1.94 bits per heavy atom. The van der Waals surface area contributed by atoms with Crippen molar-refractivity contribution < 1.29 is 17.6 Å². The summed E-state index contributed by atoms with van der Waals surface area (Å²) in [6.45, 7) is 3.47. The third-order valence-electron chi connectivity index (χ3n) is 2.40. The molecule has 1 nitrogen and oxygen atoms in total. The van der Waals surface area contributed by atoms with Gasteiger partial charge in [0.15, 0.2) is 0 Å². The number of alkyl halides is 3. The first-order valence-corrected chi connectivity index (χ1v) is 5.09. The van der Waals surface area contributed by atoms with E-state index in [-0.39, 0.29) is 18.0 Å². The molecule has 0 spiro atoms. The lowest BCUT2D eigenvalue weighted by Gasteiger charge is -2.17. The first-order valence-electron chi connectivity index (χ1n) is 5.09. The van der Waals surface area contributed by atoms with Gasteiger partial charge >= 0.3 is 6.18 Å². The number of allylic oxidation sites excluding steroid dienone is 1. The van der Waals surface area contributed by atoms with Crippen molar-refractivity contribution in [1.29, 1.82) is 0 Å². The van der Waals surface area contributed by atoms with Crippen molar-refractivity contribution in [2.45, 2.75) is 25.1 Å². The highest BCUT2D eigenvalue weighted by Gasteiger charge is 2.34. The zero-order valence-electron chi connectivity index (χ0n) is 9.51. The Bertz CT molecular complexity index is 404. The molecule has 2 N–H and O–H groups in total. The molecule has 0 aliphatic carbocycles. The second kappa shape index (κ2) is 6.75. The van der Waals surface area contributed by atoms with Crippen LogP contribution in [0, 0.1) is 5.82 Å². The first-order chi connectivity index (χ1) is 7.86. The van der Waals surface area contributed by atoms with Gasteiger partial charge in [-0.1, -0.05) is 12.1 Å². The van der Waals surface area contributed by atoms with Gasteiger partial charge in [0.25, 0.3) is 0 Å². The maximum atomic E-state index is 12.8. The Morgan fingerprint density at radius 3 is 2.44 bits per heavy atom. The maximum absolute atomic E-state index is 12.8. The summed E-state index contributed by atoms with van der Waals surface area (Å²) >= 11 is 0. The van der Waals surface area contributed by atoms with E-state index in [1.165, 1.54) is 0 Å². The van der Waals surface area contributed by atoms with Gasteiger partial charge < -0.3 is 5.73 Å². The Morgan fingerprint density at radius 1 is 1.33 bits per heavy atom. The second-order valence-electron chi connectivity index (χ2n) is 3.70. The van der Waals surface area contributed by atoms with Crippen LogP contribution in [0.4, 0.5) is 17.6 Å². The smallest absolute Gasteiger partial charge is 0.324 e. The van der Waals surface area contributed by atoms with Crippen LogP contribution in [0.15, 0.2) is 30.9 Å². The van der Waals surface area contributed by atoms with E-state index in [0.29, 0.717) is 18.9 Å². The molecule has 0 amide bonds. The molecule has 0 bridgehead atoms. The molecule has 0 fully saturated rings. The fraction of sp³-hybridized carbons (Fsp3) is 0.333. The van der Waals surface area contributed by atoms with Gasteiger partial charge in [0, 0.05) is 6.04 Å². The predicted molar refractivity (Wildman–Crippen MR) is 65.0 cm³/mol. The number of benzene rings is 1. The van der Waals surface area contributed by atoms with Crippen LogP contribution in [-0.4, -0.2) is 0 Å². The highest BCUT2D eigenvalue weighted by atomic mass is 35.5. The summed E-state index contributed by atoms with van der Waals surface area (Å²) in [7, 11) is 0. The van der Waals surface area contributed by atoms with E-state index < -0.39 is 23.6 Å². The summed E-state index contributed by atoms with van der Waals surface area (Å²) < 4.78 is 50.8. The van der Waals surface area contributed by atoms with Crippen molar-refractivity contribution in [2.24, 2.45) is 5.73 Å². The van der Waals surface area contributed by atoms with Gasteiger partial charge in [-0.25, -0.2) is 4.39 Å². The second-order valence-corrected chi connectivity index (χ2v) is 3.70. The van der Waals surface area contributed by atoms with Crippen molar-refractivity contribution in [3.8, 4) is 0 Å². The third-order valence-corrected chi connectivity index (χ3v) is 2.40. The highest BCUT2D eigenvalue weighted by Crippen LogP contribution is 2.35. The molecule has 0 saturated heterocycles. The van der Waals surface area contributed by atoms with Crippen LogP contribution < -0.4 is 5.73 Å². The number of nitrogens with two attached hydrogens (primary N) is 1. The standard InChI is InChI=1S/C12H13F4N.ClH/c1-2-3-4-11(17)9-6-5-8(13)7-10(9)12(14,15)16;/h2,5-7,11H,1,3-4,17H2;1H/t11-;/m0./s1. The summed E-state index contributed by atoms with van der Waals surface area (Å²) in [4.78, 5) is 0. The minimum absolute atomic E-state index is 0. The van der Waals surface area contributed by atoms with E-state index in [9.17, 15) is 17.6 Å². The number of hydrogen-bond acceptors (Lipinski definition) is 1. The van der Waals surface area contributed by atoms with Gasteiger partial charge in [-0.2, -0.15) is 13.2 Å². The lowest BCUT2D eigenvalue weighted by molar-refractivity contribution is -0.138. The van der Waals surface area contributed by atoms with E-state index in [4.69, 9.17) is 5.73 Å². The van der Waals surface area contributed by atoms with E-state index in [2.05, 4.69) is 6.58 Å². The van der Waals surface area contributed by atoms with Gasteiger partial charge in [-0.05, 0) is 30.5 Å². The van der Waals surface area contributed by atoms with Gasteiger partial charge in [-0.3, -0.25) is 0 Å². The largest absolute Gasteiger partial charge is 0.416 e. The minimum atomic E-state index is -4.59. The van der Waals surface area contributed by atoms with Crippen molar-refractivity contribution in [1.82, 2.24) is 0 Å². The molecular formula is C12H14ClF4N. The molecule has 0 aliphatic rings. The molecule has 0 radical (unpaired) electrons. The van der Waals surface area contributed by atoms with E-state index >= 15 is 0 Å². The predicted octanol–water partition coefficient (Wildman–Crippen LogP) is 4.23. The molecule has 1 aromatic rings. The molecule has 0 saturated carbocycles. The Labute approximate surface area is 109 Å². The average molecular weight is 284 g/mol. The van der Waals surface area contributed by atoms with E-state index in [1.807, 2.05) is 0 Å². The van der Waals surface area contributed by atoms with Crippen molar-refractivity contribution in [3.05, 3.63) is 47.8 Å². The molecule has 0 aliphatic heterocycles. The van der Waals surface area contributed by atoms with Crippen molar-refractivity contribution in [3.63, 3.8) is 0 Å². The average Bonchev–Trinajstić information content (AvgIpc) is 2.24. The molecule has 102 valence electrons. The number of rotatable bonds is 4. The lowest BCUT2D eigenvalue weighted by Crippen LogP contribution is -2.17. The molecule has 1 atom stereocenters. The molecule has 1 aromatic carbocycles. The molecule has 6 heteroatoms. The lowest BCUT2D eigenvalue weighted by atomic mass is 9.97. The number of hydrogen-bond donors (Lipinski definition) is 1. The van der Waals surface area contributed by atoms with Gasteiger partial charge in [-0.15, -0.1) is 19.0 Å². The quantitative estimate of drug-likeness (QED) is 0.649. The Hall–Kier alpha value is -1.07. The fourth-order valence-corrected chi connectivity index (χ4v) is 1.55. The summed E-state index contributed by atoms with van der Waals surface area (Å²) in [6.07, 6.45) is -2.16. The topological polar surface area (TPSA) is 26.0 Å². The Balaban J connectivity index is 0.00000289. The van der Waals surface area contributed by atoms with Gasteiger partial charge in [0.2, 0.25) is 0 Å². The van der Waals surface area contributed by atoms with E-state index in [0.717, 1.165) is 12.1 Å². The maximum Gasteiger partial charge on any atom is 0.416 e. The van der Waals surface area contributed by atoms with Crippen LogP contribution in [0.5, 0.6) is 0 Å². The first kappa shape index (κ1) is 16.9. The minimum Gasteiger partial charge on any atom is -0.324 e. The Kier molecular flexibility index (Phi) is 6.35. The van der Waals surface area contributed by atoms with Crippen molar-refractivity contribution in [2.75, 3.05) is 0 Å². The molecule has 0 unspecified atom stereocenters. The van der Waals surface area contributed by atoms with Gasteiger partial charge in [0.1, 0.15) is 5.82 Å². The summed E-state index contributed by atoms with van der Waals surface area (Å²) in [5.41, 5.74) is 4.57. The zero-order valence-corrected chi connectivity index (χ0v) is 10.3. The van der Waals surface area contributed by atoms with Crippen LogP contribution in [0.1, 0.15) is 30.0 Å².